The smallest absolute Gasteiger partial charge is 0.237 e. The van der Waals surface area contributed by atoms with Crippen LogP contribution in [0, 0.1) is 0 Å². The molecule has 1 aliphatic heterocycles. The fourth-order valence-corrected chi connectivity index (χ4v) is 2.33. The minimum Gasteiger partial charge on any atom is -0.506 e. The van der Waals surface area contributed by atoms with Crippen molar-refractivity contribution in [1.82, 2.24) is 10.2 Å². The van der Waals surface area contributed by atoms with Crippen LogP contribution in [0.1, 0.15) is 18.9 Å². The average molecular weight is 249 g/mol. The van der Waals surface area contributed by atoms with Crippen molar-refractivity contribution in [2.24, 2.45) is 0 Å². The Labute approximate surface area is 107 Å². The molecule has 1 aromatic rings. The third-order valence-electron chi connectivity index (χ3n) is 3.31. The molecule has 0 aromatic heterocycles. The summed E-state index contributed by atoms with van der Waals surface area (Å²) < 4.78 is 0. The Morgan fingerprint density at radius 1 is 1.56 bits per heavy atom. The fourth-order valence-electron chi connectivity index (χ4n) is 2.33. The number of nitrogen functional groups attached to an aromatic ring is 1. The number of carbonyl (C=O) groups is 1. The van der Waals surface area contributed by atoms with Crippen molar-refractivity contribution in [3.05, 3.63) is 23.8 Å². The predicted molar refractivity (Wildman–Crippen MR) is 70.0 cm³/mol. The molecule has 0 spiro atoms. The number of hydrogen-bond acceptors (Lipinski definition) is 4. The highest BCUT2D eigenvalue weighted by Gasteiger charge is 2.27. The molecule has 1 amide bonds. The lowest BCUT2D eigenvalue weighted by Gasteiger charge is -2.34. The molecular weight excluding hydrogens is 230 g/mol. The Bertz CT molecular complexity index is 448. The number of aromatic hydroxyl groups is 1. The van der Waals surface area contributed by atoms with Gasteiger partial charge in [0.1, 0.15) is 5.75 Å². The quantitative estimate of drug-likeness (QED) is 0.544. The maximum absolute atomic E-state index is 11.7. The zero-order valence-corrected chi connectivity index (χ0v) is 10.5. The number of nitrogens with two attached hydrogens (primary N) is 1. The summed E-state index contributed by atoms with van der Waals surface area (Å²) in [7, 11) is 0. The molecule has 1 fully saturated rings. The van der Waals surface area contributed by atoms with E-state index in [4.69, 9.17) is 5.73 Å². The third kappa shape index (κ3) is 2.56. The maximum Gasteiger partial charge on any atom is 0.237 e. The van der Waals surface area contributed by atoms with E-state index in [1.165, 1.54) is 0 Å². The molecule has 0 radical (unpaired) electrons. The van der Waals surface area contributed by atoms with E-state index in [1.807, 2.05) is 13.0 Å². The first kappa shape index (κ1) is 12.7. The summed E-state index contributed by atoms with van der Waals surface area (Å²) in [6.45, 7) is 4.21. The predicted octanol–water partition coefficient (Wildman–Crippen LogP) is 0.685. The fraction of sp³-hybridized carbons (Fsp3) is 0.462. The summed E-state index contributed by atoms with van der Waals surface area (Å²) in [4.78, 5) is 13.9. The zero-order chi connectivity index (χ0) is 13.1. The van der Waals surface area contributed by atoms with Crippen molar-refractivity contribution in [2.75, 3.05) is 18.8 Å². The highest BCUT2D eigenvalue weighted by Crippen LogP contribution is 2.22. The Balaban J connectivity index is 2.11. The Morgan fingerprint density at radius 2 is 2.33 bits per heavy atom. The van der Waals surface area contributed by atoms with E-state index in [9.17, 15) is 9.90 Å². The third-order valence-corrected chi connectivity index (χ3v) is 3.31. The van der Waals surface area contributed by atoms with Crippen LogP contribution in [-0.2, 0) is 11.3 Å². The molecule has 1 saturated heterocycles. The van der Waals surface area contributed by atoms with Crippen molar-refractivity contribution >= 4 is 11.6 Å². The number of nitrogens with zero attached hydrogens (tertiary/aromatic N) is 1. The van der Waals surface area contributed by atoms with Crippen molar-refractivity contribution in [2.45, 2.75) is 25.9 Å². The summed E-state index contributed by atoms with van der Waals surface area (Å²) in [5.74, 6) is 0.192. The topological polar surface area (TPSA) is 78.6 Å². The van der Waals surface area contributed by atoms with E-state index in [0.29, 0.717) is 18.8 Å². The summed E-state index contributed by atoms with van der Waals surface area (Å²) in [6.07, 6.45) is 0.791. The van der Waals surface area contributed by atoms with Gasteiger partial charge in [0.15, 0.2) is 0 Å². The van der Waals surface area contributed by atoms with Crippen LogP contribution in [-0.4, -0.2) is 35.0 Å². The van der Waals surface area contributed by atoms with Crippen molar-refractivity contribution < 1.29 is 9.90 Å². The van der Waals surface area contributed by atoms with E-state index in [0.717, 1.165) is 18.5 Å². The second kappa shape index (κ2) is 5.27. The van der Waals surface area contributed by atoms with Crippen LogP contribution < -0.4 is 11.1 Å². The minimum atomic E-state index is -0.0752. The van der Waals surface area contributed by atoms with E-state index < -0.39 is 0 Å². The highest BCUT2D eigenvalue weighted by molar-refractivity contribution is 5.82. The van der Waals surface area contributed by atoms with E-state index in [1.54, 1.807) is 12.1 Å². The largest absolute Gasteiger partial charge is 0.506 e. The zero-order valence-electron chi connectivity index (χ0n) is 10.5. The molecule has 1 aliphatic rings. The molecular formula is C13H19N3O2. The molecule has 1 unspecified atom stereocenters. The second-order valence-corrected chi connectivity index (χ2v) is 4.58. The number of amides is 1. The van der Waals surface area contributed by atoms with Gasteiger partial charge >= 0.3 is 0 Å². The SMILES string of the molecule is CCC1C(=O)NCCN1Cc1ccc(O)c(N)c1. The molecule has 1 aromatic carbocycles. The van der Waals surface area contributed by atoms with Crippen LogP contribution >= 0.6 is 0 Å². The molecule has 1 atom stereocenters. The van der Waals surface area contributed by atoms with Crippen molar-refractivity contribution in [1.29, 1.82) is 0 Å². The maximum atomic E-state index is 11.7. The van der Waals surface area contributed by atoms with Crippen LogP contribution in [0.5, 0.6) is 5.75 Å². The van der Waals surface area contributed by atoms with Gasteiger partial charge in [0.05, 0.1) is 11.7 Å². The first-order valence-corrected chi connectivity index (χ1v) is 6.21. The Kier molecular flexibility index (Phi) is 3.72. The van der Waals surface area contributed by atoms with Crippen molar-refractivity contribution in [3.63, 3.8) is 0 Å². The van der Waals surface area contributed by atoms with Gasteiger partial charge < -0.3 is 16.2 Å². The molecule has 5 nitrogen and oxygen atoms in total. The first-order chi connectivity index (χ1) is 8.61. The number of benzene rings is 1. The molecule has 18 heavy (non-hydrogen) atoms. The van der Waals surface area contributed by atoms with Gasteiger partial charge in [0.2, 0.25) is 5.91 Å². The van der Waals surface area contributed by atoms with Crippen LogP contribution in [0.25, 0.3) is 0 Å². The number of anilines is 1. The van der Waals surface area contributed by atoms with Crippen molar-refractivity contribution in [3.8, 4) is 5.75 Å². The van der Waals surface area contributed by atoms with Gasteiger partial charge in [-0.15, -0.1) is 0 Å². The number of phenols is 1. The minimum absolute atomic E-state index is 0.0752. The van der Waals surface area contributed by atoms with Gasteiger partial charge in [-0.2, -0.15) is 0 Å². The molecule has 1 heterocycles. The first-order valence-electron chi connectivity index (χ1n) is 6.21. The molecule has 0 bridgehead atoms. The number of nitrogens with one attached hydrogen (secondary N) is 1. The number of rotatable bonds is 3. The van der Waals surface area contributed by atoms with Crippen LogP contribution in [0.15, 0.2) is 18.2 Å². The molecule has 0 saturated carbocycles. The Morgan fingerprint density at radius 3 is 3.00 bits per heavy atom. The summed E-state index contributed by atoms with van der Waals surface area (Å²) in [6, 6.07) is 5.11. The Hall–Kier alpha value is -1.75. The van der Waals surface area contributed by atoms with Crippen LogP contribution in [0.4, 0.5) is 5.69 Å². The van der Waals surface area contributed by atoms with E-state index in [-0.39, 0.29) is 17.7 Å². The summed E-state index contributed by atoms with van der Waals surface area (Å²) in [5, 5.41) is 12.3. The van der Waals surface area contributed by atoms with Gasteiger partial charge in [-0.25, -0.2) is 0 Å². The normalized spacial score (nSPS) is 20.7. The van der Waals surface area contributed by atoms with Crippen LogP contribution in [0.3, 0.4) is 0 Å². The molecule has 98 valence electrons. The molecule has 5 heteroatoms. The number of phenolic OH excluding ortho intramolecular Hbond substituents is 1. The van der Waals surface area contributed by atoms with Gasteiger partial charge in [-0.1, -0.05) is 13.0 Å². The second-order valence-electron chi connectivity index (χ2n) is 4.58. The summed E-state index contributed by atoms with van der Waals surface area (Å²) in [5.41, 5.74) is 7.06. The lowest BCUT2D eigenvalue weighted by atomic mass is 10.1. The molecule has 4 N–H and O–H groups in total. The number of carbonyl (C=O) groups excluding carboxylic acids is 1. The summed E-state index contributed by atoms with van der Waals surface area (Å²) >= 11 is 0. The lowest BCUT2D eigenvalue weighted by molar-refractivity contribution is -0.129. The molecule has 0 aliphatic carbocycles. The van der Waals surface area contributed by atoms with E-state index in [2.05, 4.69) is 10.2 Å². The number of piperazine rings is 1. The number of hydrogen-bond donors (Lipinski definition) is 3. The lowest BCUT2D eigenvalue weighted by Crippen LogP contribution is -2.54. The standard InChI is InChI=1S/C13H19N3O2/c1-2-11-13(18)15-5-6-16(11)8-9-3-4-12(17)10(14)7-9/h3-4,7,11,17H,2,5-6,8,14H2,1H3,(H,15,18). The van der Waals surface area contributed by atoms with Gasteiger partial charge in [0.25, 0.3) is 0 Å². The molecule has 2 rings (SSSR count). The van der Waals surface area contributed by atoms with Gasteiger partial charge in [0, 0.05) is 19.6 Å². The monoisotopic (exact) mass is 249 g/mol. The van der Waals surface area contributed by atoms with Gasteiger partial charge in [-0.05, 0) is 24.1 Å². The van der Waals surface area contributed by atoms with Crippen LogP contribution in [0.2, 0.25) is 0 Å². The highest BCUT2D eigenvalue weighted by atomic mass is 16.3. The van der Waals surface area contributed by atoms with Gasteiger partial charge in [-0.3, -0.25) is 9.69 Å². The average Bonchev–Trinajstić information content (AvgIpc) is 2.34. The van der Waals surface area contributed by atoms with E-state index >= 15 is 0 Å².